The van der Waals surface area contributed by atoms with E-state index in [0.717, 1.165) is 0 Å². The highest BCUT2D eigenvalue weighted by atomic mass is 16.6. The summed E-state index contributed by atoms with van der Waals surface area (Å²) in [5.74, 6) is 5.14. The summed E-state index contributed by atoms with van der Waals surface area (Å²) in [6.45, 7) is 4.29. The second kappa shape index (κ2) is 2.89. The standard InChI is InChI=1S/C8H17NO/c1-3-8(5-4-6-8)7(2)10-9/h7H,3-6,9H2,1-2H3. The van der Waals surface area contributed by atoms with Crippen LogP contribution in [0.15, 0.2) is 0 Å². The molecule has 0 spiro atoms. The van der Waals surface area contributed by atoms with Crippen molar-refractivity contribution in [2.75, 3.05) is 0 Å². The molecule has 0 bridgehead atoms. The number of hydrogen-bond donors (Lipinski definition) is 1. The molecule has 10 heavy (non-hydrogen) atoms. The van der Waals surface area contributed by atoms with Crippen LogP contribution in [-0.2, 0) is 4.84 Å². The van der Waals surface area contributed by atoms with Gasteiger partial charge >= 0.3 is 0 Å². The summed E-state index contributed by atoms with van der Waals surface area (Å²) in [6.07, 6.45) is 5.38. The molecule has 0 heterocycles. The Labute approximate surface area is 62.7 Å². The lowest BCUT2D eigenvalue weighted by Gasteiger charge is -2.44. The average Bonchev–Trinajstić information content (AvgIpc) is 1.86. The molecule has 0 saturated heterocycles. The summed E-state index contributed by atoms with van der Waals surface area (Å²) in [7, 11) is 0. The zero-order chi connectivity index (χ0) is 7.61. The molecule has 1 atom stereocenters. The molecule has 0 aromatic rings. The van der Waals surface area contributed by atoms with E-state index >= 15 is 0 Å². The van der Waals surface area contributed by atoms with E-state index < -0.39 is 0 Å². The predicted octanol–water partition coefficient (Wildman–Crippen LogP) is 1.85. The fourth-order valence-corrected chi connectivity index (χ4v) is 1.82. The molecule has 1 aliphatic carbocycles. The first-order valence-corrected chi connectivity index (χ1v) is 4.11. The SMILES string of the molecule is CCC1(C(C)ON)CCC1. The quantitative estimate of drug-likeness (QED) is 0.612. The van der Waals surface area contributed by atoms with Crippen molar-refractivity contribution in [3.8, 4) is 0 Å². The molecule has 2 N–H and O–H groups in total. The summed E-state index contributed by atoms with van der Waals surface area (Å²) in [4.78, 5) is 4.85. The van der Waals surface area contributed by atoms with E-state index in [4.69, 9.17) is 10.7 Å². The van der Waals surface area contributed by atoms with Gasteiger partial charge < -0.3 is 4.84 Å². The van der Waals surface area contributed by atoms with Gasteiger partial charge in [-0.2, -0.15) is 0 Å². The van der Waals surface area contributed by atoms with Crippen LogP contribution in [0.1, 0.15) is 39.5 Å². The van der Waals surface area contributed by atoms with Gasteiger partial charge in [0.05, 0.1) is 6.10 Å². The normalized spacial score (nSPS) is 25.5. The van der Waals surface area contributed by atoms with Crippen LogP contribution >= 0.6 is 0 Å². The third-order valence-electron chi connectivity index (χ3n) is 3.12. The number of nitrogens with two attached hydrogens (primary N) is 1. The molecule has 0 aromatic heterocycles. The largest absolute Gasteiger partial charge is 0.301 e. The van der Waals surface area contributed by atoms with E-state index in [-0.39, 0.29) is 6.10 Å². The molecule has 60 valence electrons. The highest BCUT2D eigenvalue weighted by Crippen LogP contribution is 2.47. The first-order valence-electron chi connectivity index (χ1n) is 4.11. The lowest BCUT2D eigenvalue weighted by atomic mass is 9.64. The van der Waals surface area contributed by atoms with Crippen molar-refractivity contribution < 1.29 is 4.84 Å². The Morgan fingerprint density at radius 2 is 2.20 bits per heavy atom. The van der Waals surface area contributed by atoms with Gasteiger partial charge in [-0.3, -0.25) is 0 Å². The van der Waals surface area contributed by atoms with Crippen LogP contribution in [0.25, 0.3) is 0 Å². The second-order valence-electron chi connectivity index (χ2n) is 3.35. The lowest BCUT2D eigenvalue weighted by molar-refractivity contribution is -0.0756. The molecule has 1 rings (SSSR count). The number of rotatable bonds is 3. The van der Waals surface area contributed by atoms with Crippen molar-refractivity contribution in [2.24, 2.45) is 11.3 Å². The van der Waals surface area contributed by atoms with Crippen LogP contribution in [0.5, 0.6) is 0 Å². The zero-order valence-corrected chi connectivity index (χ0v) is 6.89. The first kappa shape index (κ1) is 8.02. The van der Waals surface area contributed by atoms with E-state index in [0.29, 0.717) is 5.41 Å². The van der Waals surface area contributed by atoms with Crippen LogP contribution in [0.4, 0.5) is 0 Å². The van der Waals surface area contributed by atoms with E-state index in [9.17, 15) is 0 Å². The topological polar surface area (TPSA) is 35.2 Å². The van der Waals surface area contributed by atoms with Crippen molar-refractivity contribution >= 4 is 0 Å². The minimum Gasteiger partial charge on any atom is -0.301 e. The van der Waals surface area contributed by atoms with Gasteiger partial charge in [-0.25, -0.2) is 5.90 Å². The molecule has 2 nitrogen and oxygen atoms in total. The summed E-state index contributed by atoms with van der Waals surface area (Å²) >= 11 is 0. The average molecular weight is 143 g/mol. The zero-order valence-electron chi connectivity index (χ0n) is 6.89. The van der Waals surface area contributed by atoms with Crippen LogP contribution in [0.3, 0.4) is 0 Å². The van der Waals surface area contributed by atoms with Gasteiger partial charge in [0.2, 0.25) is 0 Å². The summed E-state index contributed by atoms with van der Waals surface area (Å²) in [5.41, 5.74) is 0.425. The Balaban J connectivity index is 2.46. The van der Waals surface area contributed by atoms with Crippen LogP contribution < -0.4 is 5.90 Å². The van der Waals surface area contributed by atoms with Crippen LogP contribution in [0, 0.1) is 5.41 Å². The lowest BCUT2D eigenvalue weighted by Crippen LogP contribution is -2.41. The second-order valence-corrected chi connectivity index (χ2v) is 3.35. The van der Waals surface area contributed by atoms with Crippen molar-refractivity contribution in [3.05, 3.63) is 0 Å². The van der Waals surface area contributed by atoms with Gasteiger partial charge in [0.25, 0.3) is 0 Å². The summed E-state index contributed by atoms with van der Waals surface area (Å²) < 4.78 is 0. The van der Waals surface area contributed by atoms with E-state index in [1.807, 2.05) is 0 Å². The van der Waals surface area contributed by atoms with Gasteiger partial charge in [0, 0.05) is 0 Å². The maximum Gasteiger partial charge on any atom is 0.0815 e. The monoisotopic (exact) mass is 143 g/mol. The van der Waals surface area contributed by atoms with Crippen molar-refractivity contribution in [3.63, 3.8) is 0 Å². The fraction of sp³-hybridized carbons (Fsp3) is 1.00. The van der Waals surface area contributed by atoms with Crippen LogP contribution in [0.2, 0.25) is 0 Å². The van der Waals surface area contributed by atoms with Crippen LogP contribution in [-0.4, -0.2) is 6.10 Å². The van der Waals surface area contributed by atoms with Crippen molar-refractivity contribution in [1.29, 1.82) is 0 Å². The van der Waals surface area contributed by atoms with E-state index in [1.165, 1.54) is 25.7 Å². The van der Waals surface area contributed by atoms with E-state index in [1.54, 1.807) is 0 Å². The van der Waals surface area contributed by atoms with Gasteiger partial charge in [-0.1, -0.05) is 13.3 Å². The highest BCUT2D eigenvalue weighted by Gasteiger charge is 2.40. The van der Waals surface area contributed by atoms with Crippen molar-refractivity contribution in [1.82, 2.24) is 0 Å². The molecular formula is C8H17NO. The predicted molar refractivity (Wildman–Crippen MR) is 41.3 cm³/mol. The Morgan fingerprint density at radius 3 is 2.30 bits per heavy atom. The summed E-state index contributed by atoms with van der Waals surface area (Å²) in [5, 5.41) is 0. The molecule has 1 unspecified atom stereocenters. The minimum absolute atomic E-state index is 0.242. The summed E-state index contributed by atoms with van der Waals surface area (Å²) in [6, 6.07) is 0. The molecule has 1 aliphatic rings. The van der Waals surface area contributed by atoms with Crippen molar-refractivity contribution in [2.45, 2.75) is 45.6 Å². The third-order valence-corrected chi connectivity index (χ3v) is 3.12. The molecular weight excluding hydrogens is 126 g/mol. The van der Waals surface area contributed by atoms with Gasteiger partial charge in [-0.05, 0) is 31.6 Å². The highest BCUT2D eigenvalue weighted by molar-refractivity contribution is 4.91. The third kappa shape index (κ3) is 1.06. The molecule has 0 aromatic carbocycles. The molecule has 0 aliphatic heterocycles. The Hall–Kier alpha value is -0.0800. The minimum atomic E-state index is 0.242. The first-order chi connectivity index (χ1) is 4.75. The molecule has 0 radical (unpaired) electrons. The van der Waals surface area contributed by atoms with Gasteiger partial charge in [0.1, 0.15) is 0 Å². The maximum absolute atomic E-state index is 5.14. The Bertz CT molecular complexity index is 104. The van der Waals surface area contributed by atoms with Gasteiger partial charge in [-0.15, -0.1) is 0 Å². The molecule has 1 saturated carbocycles. The van der Waals surface area contributed by atoms with E-state index in [2.05, 4.69) is 13.8 Å². The van der Waals surface area contributed by atoms with Gasteiger partial charge in [0.15, 0.2) is 0 Å². The Morgan fingerprint density at radius 1 is 1.60 bits per heavy atom. The molecule has 0 amide bonds. The maximum atomic E-state index is 5.14. The Kier molecular flexibility index (Phi) is 2.32. The number of hydrogen-bond acceptors (Lipinski definition) is 2. The fourth-order valence-electron chi connectivity index (χ4n) is 1.82. The smallest absolute Gasteiger partial charge is 0.0815 e. The molecule has 2 heteroatoms. The molecule has 1 fully saturated rings.